The fraction of sp³-hybridized carbons (Fsp3) is 0.438. The molecule has 0 amide bonds. The Kier molecular flexibility index (Phi) is 6.46. The third-order valence-electron chi connectivity index (χ3n) is 3.62. The largest absolute Gasteiger partial charge is 0.379 e. The Labute approximate surface area is 152 Å². The van der Waals surface area contributed by atoms with Crippen LogP contribution in [0, 0.1) is 10.1 Å². The fourth-order valence-corrected chi connectivity index (χ4v) is 3.88. The van der Waals surface area contributed by atoms with Gasteiger partial charge in [0.1, 0.15) is 5.69 Å². The number of nitrogens with one attached hydrogen (secondary N) is 1. The summed E-state index contributed by atoms with van der Waals surface area (Å²) in [5.41, 5.74) is 4.08. The van der Waals surface area contributed by atoms with E-state index in [9.17, 15) is 18.5 Å². The van der Waals surface area contributed by atoms with Crippen molar-refractivity contribution in [2.24, 2.45) is 5.10 Å². The van der Waals surface area contributed by atoms with E-state index >= 15 is 0 Å². The molecular weight excluding hydrogens is 360 g/mol. The maximum atomic E-state index is 12.7. The van der Waals surface area contributed by atoms with Crippen LogP contribution in [0.1, 0.15) is 20.8 Å². The van der Waals surface area contributed by atoms with Gasteiger partial charge in [0.05, 0.1) is 28.7 Å². The standard InChI is InChI=1S/C16H22N4O5S/c1-12(2)10-13(3)17-18-15-5-4-14(11-16(15)20(21)22)26(23,24)19-6-8-25-9-7-19/h4-5,10-11,18H,6-9H2,1-3H3. The molecule has 142 valence electrons. The number of hydrogen-bond donors (Lipinski definition) is 1. The number of benzene rings is 1. The lowest BCUT2D eigenvalue weighted by Gasteiger charge is -2.26. The zero-order chi connectivity index (χ0) is 19.3. The molecule has 0 saturated carbocycles. The monoisotopic (exact) mass is 382 g/mol. The van der Waals surface area contributed by atoms with Crippen molar-refractivity contribution in [3.8, 4) is 0 Å². The first kappa shape index (κ1) is 20.0. The van der Waals surface area contributed by atoms with Crippen LogP contribution in [0.15, 0.2) is 39.8 Å². The third-order valence-corrected chi connectivity index (χ3v) is 5.52. The molecule has 0 radical (unpaired) electrons. The molecule has 0 aliphatic carbocycles. The number of anilines is 1. The van der Waals surface area contributed by atoms with Crippen LogP contribution in [-0.4, -0.2) is 49.7 Å². The van der Waals surface area contributed by atoms with E-state index in [0.717, 1.165) is 11.6 Å². The lowest BCUT2D eigenvalue weighted by Crippen LogP contribution is -2.40. The summed E-state index contributed by atoms with van der Waals surface area (Å²) < 4.78 is 31.7. The van der Waals surface area contributed by atoms with Crippen molar-refractivity contribution in [3.05, 3.63) is 40.0 Å². The van der Waals surface area contributed by atoms with E-state index in [0.29, 0.717) is 18.9 Å². The number of ether oxygens (including phenoxy) is 1. The second-order valence-electron chi connectivity index (χ2n) is 6.04. The highest BCUT2D eigenvalue weighted by atomic mass is 32.2. The molecule has 1 aromatic rings. The summed E-state index contributed by atoms with van der Waals surface area (Å²) in [6.45, 7) is 6.63. The minimum absolute atomic E-state index is 0.123. The van der Waals surface area contributed by atoms with Crippen LogP contribution in [0.5, 0.6) is 0 Å². The van der Waals surface area contributed by atoms with Crippen molar-refractivity contribution in [2.75, 3.05) is 31.7 Å². The zero-order valence-corrected chi connectivity index (χ0v) is 15.7. The molecule has 2 rings (SSSR count). The molecule has 0 aromatic heterocycles. The maximum absolute atomic E-state index is 12.7. The Bertz CT molecular complexity index is 838. The van der Waals surface area contributed by atoms with Gasteiger partial charge in [-0.1, -0.05) is 5.57 Å². The molecule has 10 heteroatoms. The van der Waals surface area contributed by atoms with Crippen molar-refractivity contribution >= 4 is 27.1 Å². The minimum atomic E-state index is -3.81. The van der Waals surface area contributed by atoms with Gasteiger partial charge in [-0.3, -0.25) is 15.5 Å². The van der Waals surface area contributed by atoms with Gasteiger partial charge in [-0.05, 0) is 39.0 Å². The number of allylic oxidation sites excluding steroid dienone is 2. The molecule has 0 atom stereocenters. The number of sulfonamides is 1. The number of nitro benzene ring substituents is 1. The molecule has 1 fully saturated rings. The molecule has 1 N–H and O–H groups in total. The molecule has 1 saturated heterocycles. The van der Waals surface area contributed by atoms with E-state index in [1.165, 1.54) is 16.4 Å². The van der Waals surface area contributed by atoms with E-state index < -0.39 is 14.9 Å². The van der Waals surface area contributed by atoms with E-state index in [1.807, 2.05) is 19.9 Å². The Morgan fingerprint density at radius 2 is 1.96 bits per heavy atom. The van der Waals surface area contributed by atoms with Gasteiger partial charge in [-0.25, -0.2) is 8.42 Å². The Hall–Kier alpha value is -2.30. The highest BCUT2D eigenvalue weighted by Crippen LogP contribution is 2.29. The van der Waals surface area contributed by atoms with Crippen LogP contribution in [0.4, 0.5) is 11.4 Å². The smallest absolute Gasteiger partial charge is 0.295 e. The third kappa shape index (κ3) is 4.87. The number of nitro groups is 1. The van der Waals surface area contributed by atoms with Gasteiger partial charge in [0.25, 0.3) is 5.69 Å². The first-order valence-corrected chi connectivity index (χ1v) is 9.47. The lowest BCUT2D eigenvalue weighted by atomic mass is 10.2. The summed E-state index contributed by atoms with van der Waals surface area (Å²) >= 11 is 0. The number of nitrogens with zero attached hydrogens (tertiary/aromatic N) is 3. The SMILES string of the molecule is CC(C)=CC(C)=NNc1ccc(S(=O)(=O)N2CCOCC2)cc1[N+](=O)[O-]. The predicted molar refractivity (Wildman–Crippen MR) is 98.8 cm³/mol. The van der Waals surface area contributed by atoms with E-state index in [-0.39, 0.29) is 29.4 Å². The average molecular weight is 382 g/mol. The van der Waals surface area contributed by atoms with Crippen molar-refractivity contribution in [1.82, 2.24) is 4.31 Å². The van der Waals surface area contributed by atoms with Gasteiger partial charge < -0.3 is 4.74 Å². The molecule has 26 heavy (non-hydrogen) atoms. The summed E-state index contributed by atoms with van der Waals surface area (Å²) in [7, 11) is -3.81. The van der Waals surface area contributed by atoms with Crippen LogP contribution in [0.3, 0.4) is 0 Å². The second-order valence-corrected chi connectivity index (χ2v) is 7.98. The van der Waals surface area contributed by atoms with Gasteiger partial charge in [0.15, 0.2) is 0 Å². The molecule has 1 aromatic carbocycles. The van der Waals surface area contributed by atoms with E-state index in [1.54, 1.807) is 6.92 Å². The van der Waals surface area contributed by atoms with Gasteiger partial charge in [0.2, 0.25) is 10.0 Å². The maximum Gasteiger partial charge on any atom is 0.295 e. The van der Waals surface area contributed by atoms with Crippen molar-refractivity contribution in [1.29, 1.82) is 0 Å². The molecule has 0 unspecified atom stereocenters. The van der Waals surface area contributed by atoms with E-state index in [4.69, 9.17) is 4.74 Å². The Morgan fingerprint density at radius 3 is 2.54 bits per heavy atom. The lowest BCUT2D eigenvalue weighted by molar-refractivity contribution is -0.384. The average Bonchev–Trinajstić information content (AvgIpc) is 2.59. The van der Waals surface area contributed by atoms with Crippen molar-refractivity contribution in [3.63, 3.8) is 0 Å². The Morgan fingerprint density at radius 1 is 1.31 bits per heavy atom. The van der Waals surface area contributed by atoms with Crippen LogP contribution in [-0.2, 0) is 14.8 Å². The fourth-order valence-electron chi connectivity index (χ4n) is 2.45. The predicted octanol–water partition coefficient (Wildman–Crippen LogP) is 2.37. The molecule has 1 aliphatic heterocycles. The van der Waals surface area contributed by atoms with Crippen molar-refractivity contribution in [2.45, 2.75) is 25.7 Å². The van der Waals surface area contributed by atoms with Crippen LogP contribution < -0.4 is 5.43 Å². The highest BCUT2D eigenvalue weighted by Gasteiger charge is 2.28. The summed E-state index contributed by atoms with van der Waals surface area (Å²) in [6, 6.07) is 3.75. The van der Waals surface area contributed by atoms with Gasteiger partial charge >= 0.3 is 0 Å². The molecule has 0 spiro atoms. The summed E-state index contributed by atoms with van der Waals surface area (Å²) in [5.74, 6) is 0. The number of morpholine rings is 1. The van der Waals surface area contributed by atoms with Gasteiger partial charge in [0, 0.05) is 19.2 Å². The van der Waals surface area contributed by atoms with Crippen LogP contribution >= 0.6 is 0 Å². The Balaban J connectivity index is 2.34. The summed E-state index contributed by atoms with van der Waals surface area (Å²) in [6.07, 6.45) is 1.82. The topological polar surface area (TPSA) is 114 Å². The summed E-state index contributed by atoms with van der Waals surface area (Å²) in [5, 5.41) is 15.4. The van der Waals surface area contributed by atoms with E-state index in [2.05, 4.69) is 10.5 Å². The molecule has 1 heterocycles. The summed E-state index contributed by atoms with van der Waals surface area (Å²) in [4.78, 5) is 10.6. The normalized spacial score (nSPS) is 16.2. The quantitative estimate of drug-likeness (QED) is 0.459. The molecule has 1 aliphatic rings. The van der Waals surface area contributed by atoms with Gasteiger partial charge in [-0.15, -0.1) is 0 Å². The second kappa shape index (κ2) is 8.39. The van der Waals surface area contributed by atoms with Gasteiger partial charge in [-0.2, -0.15) is 9.41 Å². The number of hydrogen-bond acceptors (Lipinski definition) is 7. The number of hydrazone groups is 1. The minimum Gasteiger partial charge on any atom is -0.379 e. The first-order chi connectivity index (χ1) is 12.2. The first-order valence-electron chi connectivity index (χ1n) is 8.03. The molecular formula is C16H22N4O5S. The number of rotatable bonds is 6. The van der Waals surface area contributed by atoms with Crippen LogP contribution in [0.25, 0.3) is 0 Å². The molecule has 0 bridgehead atoms. The molecule has 9 nitrogen and oxygen atoms in total. The van der Waals surface area contributed by atoms with Crippen LogP contribution in [0.2, 0.25) is 0 Å². The van der Waals surface area contributed by atoms with Crippen molar-refractivity contribution < 1.29 is 18.1 Å². The zero-order valence-electron chi connectivity index (χ0n) is 14.9. The highest BCUT2D eigenvalue weighted by molar-refractivity contribution is 7.89.